The topological polar surface area (TPSA) is 69.2 Å². The molecule has 158 valence electrons. The molecule has 0 bridgehead atoms. The van der Waals surface area contributed by atoms with Crippen molar-refractivity contribution in [2.75, 3.05) is 6.79 Å². The fraction of sp³-hybridized carbons (Fsp3) is 0.0769. The number of carbonyl (C=O) groups is 1. The minimum Gasteiger partial charge on any atom is -0.489 e. The van der Waals surface area contributed by atoms with Crippen molar-refractivity contribution in [3.8, 4) is 17.2 Å². The highest BCUT2D eigenvalue weighted by molar-refractivity contribution is 5.95. The molecule has 0 aromatic heterocycles. The minimum atomic E-state index is -0.331. The molecule has 1 heterocycles. The van der Waals surface area contributed by atoms with Gasteiger partial charge in [-0.15, -0.1) is 0 Å². The molecule has 0 saturated carbocycles. The van der Waals surface area contributed by atoms with Crippen LogP contribution >= 0.6 is 0 Å². The van der Waals surface area contributed by atoms with Gasteiger partial charge in [0.05, 0.1) is 6.21 Å². The fourth-order valence-electron chi connectivity index (χ4n) is 3.53. The van der Waals surface area contributed by atoms with Crippen molar-refractivity contribution in [1.82, 2.24) is 5.43 Å². The second kappa shape index (κ2) is 8.81. The summed E-state index contributed by atoms with van der Waals surface area (Å²) in [5.41, 5.74) is 4.91. The molecule has 1 N–H and O–H groups in total. The molecular formula is C26H20N2O4. The molecule has 0 fully saturated rings. The molecule has 0 aliphatic carbocycles. The highest BCUT2D eigenvalue weighted by Crippen LogP contribution is 2.32. The summed E-state index contributed by atoms with van der Waals surface area (Å²) >= 11 is 0. The number of rotatable bonds is 6. The number of ether oxygens (including phenoxy) is 3. The Morgan fingerprint density at radius 3 is 2.75 bits per heavy atom. The molecule has 0 unspecified atom stereocenters. The summed E-state index contributed by atoms with van der Waals surface area (Å²) in [5, 5.41) is 6.43. The van der Waals surface area contributed by atoms with E-state index in [0.29, 0.717) is 23.7 Å². The first-order valence-electron chi connectivity index (χ1n) is 10.2. The van der Waals surface area contributed by atoms with Crippen molar-refractivity contribution in [3.63, 3.8) is 0 Å². The van der Waals surface area contributed by atoms with Gasteiger partial charge in [0.25, 0.3) is 5.91 Å². The van der Waals surface area contributed by atoms with Crippen molar-refractivity contribution in [2.45, 2.75) is 6.61 Å². The lowest BCUT2D eigenvalue weighted by atomic mass is 10.1. The number of hydrogen-bond donors (Lipinski definition) is 1. The van der Waals surface area contributed by atoms with Gasteiger partial charge < -0.3 is 14.2 Å². The molecule has 0 spiro atoms. The van der Waals surface area contributed by atoms with Crippen molar-refractivity contribution >= 4 is 22.9 Å². The Morgan fingerprint density at radius 2 is 1.78 bits per heavy atom. The third-order valence-electron chi connectivity index (χ3n) is 5.15. The lowest BCUT2D eigenvalue weighted by Crippen LogP contribution is -2.17. The van der Waals surface area contributed by atoms with Gasteiger partial charge in [0, 0.05) is 5.56 Å². The Balaban J connectivity index is 1.22. The van der Waals surface area contributed by atoms with Crippen LogP contribution in [0.5, 0.6) is 17.2 Å². The lowest BCUT2D eigenvalue weighted by Gasteiger charge is -2.09. The Hall–Kier alpha value is -4.32. The zero-order chi connectivity index (χ0) is 21.8. The van der Waals surface area contributed by atoms with Gasteiger partial charge in [-0.2, -0.15) is 5.10 Å². The third kappa shape index (κ3) is 4.25. The van der Waals surface area contributed by atoms with Crippen LogP contribution in [-0.4, -0.2) is 18.9 Å². The van der Waals surface area contributed by atoms with E-state index in [9.17, 15) is 4.79 Å². The van der Waals surface area contributed by atoms with E-state index in [4.69, 9.17) is 14.2 Å². The van der Waals surface area contributed by atoms with E-state index in [-0.39, 0.29) is 12.7 Å². The van der Waals surface area contributed by atoms with Crippen molar-refractivity contribution in [1.29, 1.82) is 0 Å². The van der Waals surface area contributed by atoms with Gasteiger partial charge in [-0.25, -0.2) is 5.43 Å². The van der Waals surface area contributed by atoms with Crippen LogP contribution in [0.15, 0.2) is 90.0 Å². The van der Waals surface area contributed by atoms with Gasteiger partial charge in [-0.1, -0.05) is 54.6 Å². The van der Waals surface area contributed by atoms with Gasteiger partial charge >= 0.3 is 0 Å². The summed E-state index contributed by atoms with van der Waals surface area (Å²) in [6.45, 7) is 0.625. The molecule has 0 radical (unpaired) electrons. The number of nitrogens with one attached hydrogen (secondary N) is 1. The van der Waals surface area contributed by atoms with Crippen molar-refractivity contribution in [3.05, 3.63) is 102 Å². The molecule has 6 nitrogen and oxygen atoms in total. The predicted molar refractivity (Wildman–Crippen MR) is 122 cm³/mol. The first-order valence-corrected chi connectivity index (χ1v) is 10.2. The molecule has 32 heavy (non-hydrogen) atoms. The smallest absolute Gasteiger partial charge is 0.271 e. The first-order chi connectivity index (χ1) is 15.8. The average molecular weight is 424 g/mol. The van der Waals surface area contributed by atoms with E-state index in [0.717, 1.165) is 16.9 Å². The fourth-order valence-corrected chi connectivity index (χ4v) is 3.53. The van der Waals surface area contributed by atoms with Crippen molar-refractivity contribution < 1.29 is 19.0 Å². The molecule has 5 rings (SSSR count). The number of hydrogen-bond acceptors (Lipinski definition) is 5. The van der Waals surface area contributed by atoms with E-state index < -0.39 is 0 Å². The Bertz CT molecular complexity index is 1310. The van der Waals surface area contributed by atoms with Crippen LogP contribution in [0, 0.1) is 0 Å². The maximum absolute atomic E-state index is 12.3. The number of amides is 1. The Morgan fingerprint density at radius 1 is 0.938 bits per heavy atom. The summed E-state index contributed by atoms with van der Waals surface area (Å²) < 4.78 is 16.6. The summed E-state index contributed by atoms with van der Waals surface area (Å²) in [7, 11) is 0. The number of carbonyl (C=O) groups excluding carboxylic acids is 1. The molecular weight excluding hydrogens is 404 g/mol. The Kier molecular flexibility index (Phi) is 5.41. The van der Waals surface area contributed by atoms with Crippen LogP contribution in [0.3, 0.4) is 0 Å². The Labute approximate surface area is 185 Å². The molecule has 0 atom stereocenters. The molecule has 1 amide bonds. The maximum atomic E-state index is 12.3. The minimum absolute atomic E-state index is 0.164. The summed E-state index contributed by atoms with van der Waals surface area (Å²) in [4.78, 5) is 12.3. The zero-order valence-electron chi connectivity index (χ0n) is 17.2. The monoisotopic (exact) mass is 424 g/mol. The summed E-state index contributed by atoms with van der Waals surface area (Å²) in [5.74, 6) is 1.58. The maximum Gasteiger partial charge on any atom is 0.271 e. The quantitative estimate of drug-likeness (QED) is 0.353. The number of benzene rings is 4. The molecule has 0 saturated heterocycles. The van der Waals surface area contributed by atoms with E-state index in [1.807, 2.05) is 42.5 Å². The van der Waals surface area contributed by atoms with Crippen LogP contribution in [0.25, 0.3) is 10.8 Å². The SMILES string of the molecule is O=C(N/N=C\c1cccc(OCc2cccc3ccccc23)c1)c1ccc2c(c1)OCO2. The number of hydrazone groups is 1. The van der Waals surface area contributed by atoms with Crippen molar-refractivity contribution in [2.24, 2.45) is 5.10 Å². The highest BCUT2D eigenvalue weighted by Gasteiger charge is 2.15. The van der Waals surface area contributed by atoms with Crippen LogP contribution in [0.1, 0.15) is 21.5 Å². The standard InChI is InChI=1S/C26H20N2O4/c29-26(20-11-12-24-25(14-20)32-17-31-24)28-27-15-18-5-3-9-22(13-18)30-16-21-8-4-7-19-6-1-2-10-23(19)21/h1-15H,16-17H2,(H,28,29)/b27-15-. The van der Waals surface area contributed by atoms with E-state index in [2.05, 4.69) is 34.8 Å². The normalized spacial score (nSPS) is 12.2. The van der Waals surface area contributed by atoms with E-state index >= 15 is 0 Å². The van der Waals surface area contributed by atoms with Gasteiger partial charge in [-0.3, -0.25) is 4.79 Å². The lowest BCUT2D eigenvalue weighted by molar-refractivity contribution is 0.0954. The predicted octanol–water partition coefficient (Wildman–Crippen LogP) is 4.91. The zero-order valence-corrected chi connectivity index (χ0v) is 17.2. The second-order valence-electron chi connectivity index (χ2n) is 7.27. The molecule has 4 aromatic carbocycles. The second-order valence-corrected chi connectivity index (χ2v) is 7.27. The van der Waals surface area contributed by atoms with Gasteiger partial charge in [0.2, 0.25) is 6.79 Å². The molecule has 6 heteroatoms. The highest BCUT2D eigenvalue weighted by atomic mass is 16.7. The third-order valence-corrected chi connectivity index (χ3v) is 5.15. The molecule has 1 aliphatic heterocycles. The molecule has 1 aliphatic rings. The summed E-state index contributed by atoms with van der Waals surface area (Å²) in [6, 6.07) is 27.0. The van der Waals surface area contributed by atoms with Crippen LogP contribution in [-0.2, 0) is 6.61 Å². The summed E-state index contributed by atoms with van der Waals surface area (Å²) in [6.07, 6.45) is 1.58. The van der Waals surface area contributed by atoms with Crippen LogP contribution < -0.4 is 19.6 Å². The van der Waals surface area contributed by atoms with Crippen LogP contribution in [0.2, 0.25) is 0 Å². The van der Waals surface area contributed by atoms with E-state index in [1.54, 1.807) is 24.4 Å². The number of fused-ring (bicyclic) bond motifs is 2. The van der Waals surface area contributed by atoms with Crippen LogP contribution in [0.4, 0.5) is 0 Å². The van der Waals surface area contributed by atoms with E-state index in [1.165, 1.54) is 10.8 Å². The van der Waals surface area contributed by atoms with Gasteiger partial charge in [0.15, 0.2) is 11.5 Å². The van der Waals surface area contributed by atoms with Gasteiger partial charge in [0.1, 0.15) is 12.4 Å². The molecule has 4 aromatic rings. The largest absolute Gasteiger partial charge is 0.489 e. The number of nitrogens with zero attached hydrogens (tertiary/aromatic N) is 1. The first kappa shape index (κ1) is 19.6. The van der Waals surface area contributed by atoms with Gasteiger partial charge in [-0.05, 0) is 52.2 Å². The average Bonchev–Trinajstić information content (AvgIpc) is 3.31.